The highest BCUT2D eigenvalue weighted by Crippen LogP contribution is 2.07. The second kappa shape index (κ2) is 6.68. The number of nitrogens with zero attached hydrogens (tertiary/aromatic N) is 4. The first kappa shape index (κ1) is 12.5. The van der Waals surface area contributed by atoms with Crippen LogP contribution in [0.4, 0.5) is 0 Å². The summed E-state index contributed by atoms with van der Waals surface area (Å²) in [5, 5.41) is 11.5. The van der Waals surface area contributed by atoms with Gasteiger partial charge in [0.25, 0.3) is 0 Å². The zero-order chi connectivity index (χ0) is 11.9. The van der Waals surface area contributed by atoms with Gasteiger partial charge in [-0.15, -0.1) is 10.2 Å². The van der Waals surface area contributed by atoms with Crippen LogP contribution in [0, 0.1) is 0 Å². The maximum Gasteiger partial charge on any atom is 0.147 e. The van der Waals surface area contributed by atoms with Crippen LogP contribution < -0.4 is 5.32 Å². The molecule has 6 nitrogen and oxygen atoms in total. The molecule has 0 amide bonds. The fourth-order valence-electron chi connectivity index (χ4n) is 2.01. The van der Waals surface area contributed by atoms with Crippen LogP contribution >= 0.6 is 0 Å². The average molecular weight is 239 g/mol. The lowest BCUT2D eigenvalue weighted by atomic mass is 10.3. The van der Waals surface area contributed by atoms with Crippen LogP contribution in [-0.2, 0) is 17.8 Å². The molecule has 1 aliphatic rings. The number of hydrogen-bond donors (Lipinski definition) is 1. The lowest BCUT2D eigenvalue weighted by Crippen LogP contribution is -2.38. The van der Waals surface area contributed by atoms with Gasteiger partial charge in [-0.1, -0.05) is 0 Å². The highest BCUT2D eigenvalue weighted by atomic mass is 16.5. The van der Waals surface area contributed by atoms with E-state index in [9.17, 15) is 0 Å². The smallest absolute Gasteiger partial charge is 0.147 e. The van der Waals surface area contributed by atoms with Gasteiger partial charge >= 0.3 is 0 Å². The number of nitrogens with one attached hydrogen (secondary N) is 1. The topological polar surface area (TPSA) is 55.2 Å². The summed E-state index contributed by atoms with van der Waals surface area (Å²) >= 11 is 0. The molecule has 17 heavy (non-hydrogen) atoms. The van der Waals surface area contributed by atoms with Crippen molar-refractivity contribution in [1.29, 1.82) is 0 Å². The molecule has 1 aromatic rings. The molecule has 0 spiro atoms. The molecule has 0 unspecified atom stereocenters. The van der Waals surface area contributed by atoms with Gasteiger partial charge in [-0.25, -0.2) is 0 Å². The fourth-order valence-corrected chi connectivity index (χ4v) is 2.01. The molecule has 0 radical (unpaired) electrons. The summed E-state index contributed by atoms with van der Waals surface area (Å²) < 4.78 is 7.13. The summed E-state index contributed by atoms with van der Waals surface area (Å²) in [5.41, 5.74) is 0. The van der Waals surface area contributed by atoms with Gasteiger partial charge in [-0.05, 0) is 13.0 Å². The van der Waals surface area contributed by atoms with Gasteiger partial charge in [0.2, 0.25) is 0 Å². The zero-order valence-corrected chi connectivity index (χ0v) is 10.4. The number of methoxy groups -OCH3 is 1. The van der Waals surface area contributed by atoms with E-state index in [4.69, 9.17) is 4.74 Å². The third-order valence-corrected chi connectivity index (χ3v) is 3.02. The van der Waals surface area contributed by atoms with Crippen molar-refractivity contribution in [1.82, 2.24) is 25.0 Å². The predicted octanol–water partition coefficient (Wildman–Crippen LogP) is -0.280. The fraction of sp³-hybridized carbons (Fsp3) is 0.818. The number of rotatable bonds is 7. The molecule has 0 saturated carbocycles. The summed E-state index contributed by atoms with van der Waals surface area (Å²) in [7, 11) is 1.74. The van der Waals surface area contributed by atoms with Gasteiger partial charge in [-0.2, -0.15) is 0 Å². The van der Waals surface area contributed by atoms with Gasteiger partial charge in [0.15, 0.2) is 0 Å². The average Bonchev–Trinajstić information content (AvgIpc) is 2.81. The molecule has 96 valence electrons. The van der Waals surface area contributed by atoms with E-state index in [1.165, 1.54) is 0 Å². The van der Waals surface area contributed by atoms with Crippen molar-refractivity contribution in [3.05, 3.63) is 12.2 Å². The Hall–Kier alpha value is -0.980. The molecule has 0 aromatic carbocycles. The maximum atomic E-state index is 5.00. The molecule has 0 fully saturated rings. The molecule has 2 rings (SSSR count). The molecule has 0 atom stereocenters. The van der Waals surface area contributed by atoms with Crippen LogP contribution in [0.15, 0.2) is 6.33 Å². The van der Waals surface area contributed by atoms with Crippen LogP contribution in [0.5, 0.6) is 0 Å². The Morgan fingerprint density at radius 2 is 2.35 bits per heavy atom. The standard InChI is InChI=1S/C11H21N5O/c1-17-8-2-3-12-4-5-15-6-7-16-10-13-14-11(16)9-15/h10,12H,2-9H2,1H3. The summed E-state index contributed by atoms with van der Waals surface area (Å²) in [6, 6.07) is 0. The second-order valence-corrected chi connectivity index (χ2v) is 4.31. The third-order valence-electron chi connectivity index (χ3n) is 3.02. The van der Waals surface area contributed by atoms with E-state index >= 15 is 0 Å². The summed E-state index contributed by atoms with van der Waals surface area (Å²) in [6.45, 7) is 6.96. The van der Waals surface area contributed by atoms with E-state index < -0.39 is 0 Å². The van der Waals surface area contributed by atoms with E-state index in [-0.39, 0.29) is 0 Å². The minimum absolute atomic E-state index is 0.833. The quantitative estimate of drug-likeness (QED) is 0.663. The summed E-state index contributed by atoms with van der Waals surface area (Å²) in [4.78, 5) is 2.41. The lowest BCUT2D eigenvalue weighted by Gasteiger charge is -2.26. The highest BCUT2D eigenvalue weighted by molar-refractivity contribution is 4.89. The molecule has 0 aliphatic carbocycles. The van der Waals surface area contributed by atoms with Crippen molar-refractivity contribution in [2.75, 3.05) is 39.9 Å². The van der Waals surface area contributed by atoms with Crippen molar-refractivity contribution in [3.63, 3.8) is 0 Å². The minimum Gasteiger partial charge on any atom is -0.385 e. The Bertz CT molecular complexity index is 327. The van der Waals surface area contributed by atoms with Gasteiger partial charge in [0, 0.05) is 39.9 Å². The van der Waals surface area contributed by atoms with E-state index in [0.29, 0.717) is 0 Å². The number of aromatic nitrogens is 3. The van der Waals surface area contributed by atoms with E-state index in [0.717, 1.165) is 58.1 Å². The van der Waals surface area contributed by atoms with Crippen LogP contribution in [0.3, 0.4) is 0 Å². The van der Waals surface area contributed by atoms with Gasteiger partial charge < -0.3 is 14.6 Å². The molecular weight excluding hydrogens is 218 g/mol. The van der Waals surface area contributed by atoms with E-state index in [2.05, 4.69) is 25.0 Å². The SMILES string of the molecule is COCCCNCCN1CCn2cnnc2C1. The Labute approximate surface area is 102 Å². The van der Waals surface area contributed by atoms with E-state index in [1.54, 1.807) is 7.11 Å². The highest BCUT2D eigenvalue weighted by Gasteiger charge is 2.16. The second-order valence-electron chi connectivity index (χ2n) is 4.31. The van der Waals surface area contributed by atoms with Crippen molar-refractivity contribution in [3.8, 4) is 0 Å². The lowest BCUT2D eigenvalue weighted by molar-refractivity contribution is 0.191. The number of fused-ring (bicyclic) bond motifs is 1. The summed E-state index contributed by atoms with van der Waals surface area (Å²) in [5.74, 6) is 1.08. The minimum atomic E-state index is 0.833. The maximum absolute atomic E-state index is 5.00. The largest absolute Gasteiger partial charge is 0.385 e. The van der Waals surface area contributed by atoms with Crippen LogP contribution in [-0.4, -0.2) is 59.6 Å². The van der Waals surface area contributed by atoms with Crippen LogP contribution in [0.25, 0.3) is 0 Å². The molecule has 2 heterocycles. The summed E-state index contributed by atoms with van der Waals surface area (Å²) in [6.07, 6.45) is 2.89. The van der Waals surface area contributed by atoms with Gasteiger partial charge in [-0.3, -0.25) is 4.90 Å². The Balaban J connectivity index is 1.59. The molecule has 0 saturated heterocycles. The third kappa shape index (κ3) is 3.76. The molecule has 6 heteroatoms. The van der Waals surface area contributed by atoms with Crippen LogP contribution in [0.1, 0.15) is 12.2 Å². The van der Waals surface area contributed by atoms with E-state index in [1.807, 2.05) is 6.33 Å². The first-order valence-electron chi connectivity index (χ1n) is 6.19. The van der Waals surface area contributed by atoms with Gasteiger partial charge in [0.1, 0.15) is 12.2 Å². The van der Waals surface area contributed by atoms with Gasteiger partial charge in [0.05, 0.1) is 6.54 Å². The number of hydrogen-bond acceptors (Lipinski definition) is 5. The molecule has 1 aromatic heterocycles. The molecule has 1 aliphatic heterocycles. The first-order chi connectivity index (χ1) is 8.40. The normalized spacial score (nSPS) is 16.1. The van der Waals surface area contributed by atoms with Crippen molar-refractivity contribution in [2.45, 2.75) is 19.5 Å². The Kier molecular flexibility index (Phi) is 4.90. The van der Waals surface area contributed by atoms with Crippen LogP contribution in [0.2, 0.25) is 0 Å². The van der Waals surface area contributed by atoms with Crippen molar-refractivity contribution >= 4 is 0 Å². The molecule has 1 N–H and O–H groups in total. The molecular formula is C11H21N5O. The monoisotopic (exact) mass is 239 g/mol. The predicted molar refractivity (Wildman–Crippen MR) is 64.7 cm³/mol. The Morgan fingerprint density at radius 1 is 1.41 bits per heavy atom. The Morgan fingerprint density at radius 3 is 3.24 bits per heavy atom. The zero-order valence-electron chi connectivity index (χ0n) is 10.4. The van der Waals surface area contributed by atoms with Crippen molar-refractivity contribution < 1.29 is 4.74 Å². The van der Waals surface area contributed by atoms with Crippen molar-refractivity contribution in [2.24, 2.45) is 0 Å². The first-order valence-corrected chi connectivity index (χ1v) is 6.19. The number of ether oxygens (including phenoxy) is 1. The molecule has 0 bridgehead atoms.